The Morgan fingerprint density at radius 3 is 1.97 bits per heavy atom. The molecule has 1 aliphatic rings. The van der Waals surface area contributed by atoms with Gasteiger partial charge in [0.1, 0.15) is 0 Å². The third-order valence-corrected chi connectivity index (χ3v) is 5.85. The molecule has 1 aliphatic heterocycles. The van der Waals surface area contributed by atoms with Crippen LogP contribution in [0.5, 0.6) is 0 Å². The minimum absolute atomic E-state index is 0.0134. The van der Waals surface area contributed by atoms with Gasteiger partial charge in [-0.15, -0.1) is 0 Å². The van der Waals surface area contributed by atoms with E-state index in [4.69, 9.17) is 9.47 Å². The van der Waals surface area contributed by atoms with E-state index in [1.807, 2.05) is 60.7 Å². The zero-order valence-corrected chi connectivity index (χ0v) is 19.5. The van der Waals surface area contributed by atoms with Gasteiger partial charge in [-0.3, -0.25) is 19.8 Å². The summed E-state index contributed by atoms with van der Waals surface area (Å²) in [6.07, 6.45) is -0.717. The van der Waals surface area contributed by atoms with Gasteiger partial charge in [0.2, 0.25) is 5.72 Å². The molecule has 1 atom stereocenters. The fourth-order valence-corrected chi connectivity index (χ4v) is 3.76. The molecule has 180 valence electrons. The fraction of sp³-hybridized carbons (Fsp3) is 0.360. The van der Waals surface area contributed by atoms with Crippen LogP contribution in [0.3, 0.4) is 0 Å². The van der Waals surface area contributed by atoms with Gasteiger partial charge in [-0.1, -0.05) is 67.6 Å². The molecule has 9 nitrogen and oxygen atoms in total. The van der Waals surface area contributed by atoms with E-state index >= 15 is 0 Å². The van der Waals surface area contributed by atoms with Crippen LogP contribution in [0.4, 0.5) is 4.79 Å². The molecule has 0 spiro atoms. The number of amides is 4. The van der Waals surface area contributed by atoms with E-state index in [2.05, 4.69) is 5.32 Å². The van der Waals surface area contributed by atoms with Crippen LogP contribution >= 0.6 is 0 Å². The quantitative estimate of drug-likeness (QED) is 0.363. The molecular formula is C25H29N3O6. The van der Waals surface area contributed by atoms with E-state index in [-0.39, 0.29) is 19.5 Å². The maximum absolute atomic E-state index is 13.4. The minimum Gasteiger partial charge on any atom is -0.449 e. The monoisotopic (exact) mass is 467 g/mol. The van der Waals surface area contributed by atoms with Crippen LogP contribution in [0, 0.1) is 0 Å². The van der Waals surface area contributed by atoms with Crippen LogP contribution in [0.2, 0.25) is 0 Å². The van der Waals surface area contributed by atoms with Crippen molar-refractivity contribution in [3.8, 4) is 0 Å². The fourth-order valence-electron chi connectivity index (χ4n) is 3.76. The topological polar surface area (TPSA) is 105 Å². The highest BCUT2D eigenvalue weighted by atomic mass is 16.6. The van der Waals surface area contributed by atoms with Gasteiger partial charge < -0.3 is 14.4 Å². The lowest BCUT2D eigenvalue weighted by Gasteiger charge is -2.36. The molecule has 0 unspecified atom stereocenters. The summed E-state index contributed by atoms with van der Waals surface area (Å²) in [5.74, 6) is -2.54. The summed E-state index contributed by atoms with van der Waals surface area (Å²) in [7, 11) is 1.27. The van der Waals surface area contributed by atoms with Crippen LogP contribution in [0.25, 0.3) is 0 Å². The molecule has 0 saturated carbocycles. The van der Waals surface area contributed by atoms with Gasteiger partial charge >= 0.3 is 23.8 Å². The second-order valence-corrected chi connectivity index (χ2v) is 7.76. The lowest BCUT2D eigenvalue weighted by Crippen LogP contribution is -2.64. The predicted molar refractivity (Wildman–Crippen MR) is 123 cm³/mol. The highest BCUT2D eigenvalue weighted by Crippen LogP contribution is 2.28. The van der Waals surface area contributed by atoms with Crippen LogP contribution in [-0.2, 0) is 23.9 Å². The number of ether oxygens (including phenoxy) is 2. The smallest absolute Gasteiger partial charge is 0.360 e. The number of imide groups is 1. The maximum atomic E-state index is 13.4. The predicted octanol–water partition coefficient (Wildman–Crippen LogP) is 2.47. The molecule has 0 radical (unpaired) electrons. The lowest BCUT2D eigenvalue weighted by atomic mass is 10.0. The van der Waals surface area contributed by atoms with Gasteiger partial charge in [0.15, 0.2) is 6.10 Å². The first-order valence-electron chi connectivity index (χ1n) is 11.2. The SMILES string of the molecule is CCN1CCN(C(=O)N[C@@](CC)(OC)C(=O)OC(c2ccccc2)c2ccccc2)C(=O)C1=O. The number of benzene rings is 2. The lowest BCUT2D eigenvalue weighted by molar-refractivity contribution is -0.177. The molecule has 0 aromatic heterocycles. The van der Waals surface area contributed by atoms with Crippen molar-refractivity contribution in [2.45, 2.75) is 32.1 Å². The van der Waals surface area contributed by atoms with Gasteiger partial charge in [0.25, 0.3) is 0 Å². The number of piperazine rings is 1. The zero-order chi connectivity index (χ0) is 24.7. The molecule has 9 heteroatoms. The number of carbonyl (C=O) groups is 4. The van der Waals surface area contributed by atoms with Crippen molar-refractivity contribution in [3.63, 3.8) is 0 Å². The summed E-state index contributed by atoms with van der Waals surface area (Å²) in [6, 6.07) is 17.5. The summed E-state index contributed by atoms with van der Waals surface area (Å²) in [5, 5.41) is 2.49. The third-order valence-electron chi connectivity index (χ3n) is 5.85. The number of esters is 1. The highest BCUT2D eigenvalue weighted by Gasteiger charge is 2.45. The Labute approximate surface area is 198 Å². The first kappa shape index (κ1) is 24.9. The first-order valence-corrected chi connectivity index (χ1v) is 11.2. The van der Waals surface area contributed by atoms with Crippen molar-refractivity contribution in [2.75, 3.05) is 26.7 Å². The van der Waals surface area contributed by atoms with E-state index < -0.39 is 35.6 Å². The molecule has 1 saturated heterocycles. The number of methoxy groups -OCH3 is 1. The molecule has 2 aromatic carbocycles. The highest BCUT2D eigenvalue weighted by molar-refractivity contribution is 6.38. The van der Waals surface area contributed by atoms with E-state index in [1.54, 1.807) is 13.8 Å². The number of hydrogen-bond acceptors (Lipinski definition) is 6. The molecule has 1 fully saturated rings. The molecule has 34 heavy (non-hydrogen) atoms. The van der Waals surface area contributed by atoms with Crippen LogP contribution in [0.15, 0.2) is 60.7 Å². The molecule has 0 aliphatic carbocycles. The van der Waals surface area contributed by atoms with E-state index in [0.717, 1.165) is 16.0 Å². The maximum Gasteiger partial charge on any atom is 0.360 e. The van der Waals surface area contributed by atoms with E-state index in [1.165, 1.54) is 12.0 Å². The average molecular weight is 468 g/mol. The largest absolute Gasteiger partial charge is 0.449 e. The van der Waals surface area contributed by atoms with Crippen molar-refractivity contribution in [3.05, 3.63) is 71.8 Å². The standard InChI is InChI=1S/C25H29N3O6/c1-4-25(33-3,26-24(32)28-17-16-27(5-2)21(29)22(28)30)23(31)34-20(18-12-8-6-9-13-18)19-14-10-7-11-15-19/h6-15,20H,4-5,16-17H2,1-3H3,(H,26,32)/t25-/m0/s1. The normalized spacial score (nSPS) is 15.8. The third kappa shape index (κ3) is 5.09. The van der Waals surface area contributed by atoms with E-state index in [0.29, 0.717) is 6.54 Å². The molecule has 1 heterocycles. The number of likely N-dealkylation sites (N-methyl/N-ethyl adjacent to an activating group) is 1. The van der Waals surface area contributed by atoms with Crippen molar-refractivity contribution >= 4 is 23.8 Å². The summed E-state index contributed by atoms with van der Waals surface area (Å²) in [5.41, 5.74) is -0.374. The molecule has 3 rings (SSSR count). The molecule has 4 amide bonds. The Kier molecular flexibility index (Phi) is 8.01. The molecule has 1 N–H and O–H groups in total. The Hall–Kier alpha value is -3.72. The Morgan fingerprint density at radius 1 is 0.941 bits per heavy atom. The number of nitrogens with one attached hydrogen (secondary N) is 1. The van der Waals surface area contributed by atoms with Crippen molar-refractivity contribution in [1.29, 1.82) is 0 Å². The summed E-state index contributed by atoms with van der Waals surface area (Å²) in [4.78, 5) is 53.1. The average Bonchev–Trinajstić information content (AvgIpc) is 2.88. The van der Waals surface area contributed by atoms with E-state index in [9.17, 15) is 19.2 Å². The van der Waals surface area contributed by atoms with Gasteiger partial charge in [0.05, 0.1) is 0 Å². The van der Waals surface area contributed by atoms with Gasteiger partial charge in [-0.25, -0.2) is 9.59 Å². The van der Waals surface area contributed by atoms with Gasteiger partial charge in [-0.05, 0) is 18.1 Å². The van der Waals surface area contributed by atoms with Crippen molar-refractivity contribution in [1.82, 2.24) is 15.1 Å². The second kappa shape index (κ2) is 10.9. The molecule has 0 bridgehead atoms. The second-order valence-electron chi connectivity index (χ2n) is 7.76. The zero-order valence-electron chi connectivity index (χ0n) is 19.5. The first-order chi connectivity index (χ1) is 16.4. The summed E-state index contributed by atoms with van der Waals surface area (Å²) >= 11 is 0. The van der Waals surface area contributed by atoms with Crippen molar-refractivity contribution < 1.29 is 28.7 Å². The number of carbonyl (C=O) groups excluding carboxylic acids is 4. The molecular weight excluding hydrogens is 438 g/mol. The minimum atomic E-state index is -1.86. The Bertz CT molecular complexity index is 984. The summed E-state index contributed by atoms with van der Waals surface area (Å²) < 4.78 is 11.3. The van der Waals surface area contributed by atoms with Gasteiger partial charge in [-0.2, -0.15) is 0 Å². The van der Waals surface area contributed by atoms with Crippen LogP contribution in [0.1, 0.15) is 37.5 Å². The molecule has 2 aromatic rings. The van der Waals surface area contributed by atoms with Crippen LogP contribution < -0.4 is 5.32 Å². The number of urea groups is 1. The number of nitrogens with zero attached hydrogens (tertiary/aromatic N) is 2. The van der Waals surface area contributed by atoms with Crippen molar-refractivity contribution in [2.24, 2.45) is 0 Å². The number of rotatable bonds is 8. The van der Waals surface area contributed by atoms with Crippen LogP contribution in [-0.4, -0.2) is 66.1 Å². The number of hydrogen-bond donors (Lipinski definition) is 1. The Balaban J connectivity index is 1.84. The van der Waals surface area contributed by atoms with Gasteiger partial charge in [0, 0.05) is 33.2 Å². The summed E-state index contributed by atoms with van der Waals surface area (Å²) in [6.45, 7) is 3.99. The Morgan fingerprint density at radius 2 is 1.50 bits per heavy atom.